The molecule has 0 radical (unpaired) electrons. The monoisotopic (exact) mass is 309 g/mol. The minimum Gasteiger partial charge on any atom is -0.377 e. The summed E-state index contributed by atoms with van der Waals surface area (Å²) in [4.78, 5) is 26.2. The van der Waals surface area contributed by atoms with Gasteiger partial charge in [0.15, 0.2) is 11.6 Å². The van der Waals surface area contributed by atoms with E-state index in [1.807, 2.05) is 37.2 Å². The Labute approximate surface area is 129 Å². The molecular formula is C17H21F2NO2. The van der Waals surface area contributed by atoms with Crippen molar-refractivity contribution in [1.82, 2.24) is 0 Å². The molecule has 3 nitrogen and oxygen atoms in total. The number of para-hydroxylation sites is 1. The van der Waals surface area contributed by atoms with Crippen molar-refractivity contribution in [3.8, 4) is 0 Å². The van der Waals surface area contributed by atoms with Crippen LogP contribution in [-0.2, 0) is 9.59 Å². The maximum Gasteiger partial charge on any atom is 0.170 e. The fraction of sp³-hybridized carbons (Fsp3) is 0.176. The third-order valence-electron chi connectivity index (χ3n) is 2.90. The quantitative estimate of drug-likeness (QED) is 0.441. The Morgan fingerprint density at radius 1 is 1.09 bits per heavy atom. The molecule has 1 aromatic carbocycles. The first-order valence-corrected chi connectivity index (χ1v) is 6.28. The normalized spacial score (nSPS) is 10.8. The van der Waals surface area contributed by atoms with Crippen LogP contribution in [0, 0.1) is 0 Å². The molecule has 0 N–H and O–H groups in total. The third kappa shape index (κ3) is 5.09. The van der Waals surface area contributed by atoms with E-state index in [1.165, 1.54) is 24.3 Å². The van der Waals surface area contributed by atoms with Gasteiger partial charge in [-0.1, -0.05) is 43.5 Å². The number of hydrogen-bond acceptors (Lipinski definition) is 3. The van der Waals surface area contributed by atoms with Gasteiger partial charge in [0.1, 0.15) is 5.92 Å². The SMILES string of the molecule is C=CC=CC(=O)C(C(=O)C=C)c1ccccc1N(C)C.F.F. The Bertz CT molecular complexity index is 566. The summed E-state index contributed by atoms with van der Waals surface area (Å²) in [6.45, 7) is 7.01. The maximum absolute atomic E-state index is 12.3. The highest BCUT2D eigenvalue weighted by atomic mass is 19.0. The van der Waals surface area contributed by atoms with Crippen LogP contribution >= 0.6 is 0 Å². The molecule has 0 aromatic heterocycles. The number of carbonyl (C=O) groups excluding carboxylic acids is 2. The number of rotatable bonds is 7. The Morgan fingerprint density at radius 3 is 2.18 bits per heavy atom. The van der Waals surface area contributed by atoms with Crippen LogP contribution in [0.4, 0.5) is 15.1 Å². The molecule has 5 heteroatoms. The second-order valence-electron chi connectivity index (χ2n) is 4.49. The molecule has 0 saturated heterocycles. The molecular weight excluding hydrogens is 288 g/mol. The molecule has 0 heterocycles. The fourth-order valence-corrected chi connectivity index (χ4v) is 1.96. The van der Waals surface area contributed by atoms with Gasteiger partial charge in [0, 0.05) is 19.8 Å². The van der Waals surface area contributed by atoms with Gasteiger partial charge < -0.3 is 4.90 Å². The summed E-state index contributed by atoms with van der Waals surface area (Å²) in [5, 5.41) is 0. The smallest absolute Gasteiger partial charge is 0.170 e. The van der Waals surface area contributed by atoms with E-state index in [4.69, 9.17) is 0 Å². The predicted molar refractivity (Wildman–Crippen MR) is 88.1 cm³/mol. The number of carbonyl (C=O) groups is 2. The molecule has 1 atom stereocenters. The van der Waals surface area contributed by atoms with Gasteiger partial charge in [-0.2, -0.15) is 0 Å². The molecule has 0 aliphatic heterocycles. The third-order valence-corrected chi connectivity index (χ3v) is 2.90. The fourth-order valence-electron chi connectivity index (χ4n) is 1.96. The number of ketones is 2. The zero-order valence-corrected chi connectivity index (χ0v) is 12.7. The lowest BCUT2D eigenvalue weighted by atomic mass is 9.88. The lowest BCUT2D eigenvalue weighted by Crippen LogP contribution is -2.22. The van der Waals surface area contributed by atoms with Gasteiger partial charge in [-0.25, -0.2) is 0 Å². The largest absolute Gasteiger partial charge is 0.377 e. The predicted octanol–water partition coefficient (Wildman–Crippen LogP) is 3.21. The van der Waals surface area contributed by atoms with Crippen molar-refractivity contribution in [2.75, 3.05) is 19.0 Å². The van der Waals surface area contributed by atoms with Crippen LogP contribution in [0.15, 0.2) is 61.7 Å². The number of hydrogen-bond donors (Lipinski definition) is 0. The topological polar surface area (TPSA) is 37.4 Å². The van der Waals surface area contributed by atoms with Gasteiger partial charge in [0.2, 0.25) is 0 Å². The first-order chi connectivity index (χ1) is 9.52. The molecule has 22 heavy (non-hydrogen) atoms. The molecule has 0 amide bonds. The second kappa shape index (κ2) is 10.2. The van der Waals surface area contributed by atoms with Gasteiger partial charge in [-0.15, -0.1) is 0 Å². The summed E-state index contributed by atoms with van der Waals surface area (Å²) in [5.74, 6) is -1.44. The Hall–Kier alpha value is -2.56. The van der Waals surface area contributed by atoms with E-state index in [-0.39, 0.29) is 21.0 Å². The summed E-state index contributed by atoms with van der Waals surface area (Å²) in [6.07, 6.45) is 5.59. The van der Waals surface area contributed by atoms with Crippen molar-refractivity contribution < 1.29 is 19.0 Å². The molecule has 0 bridgehead atoms. The number of nitrogens with zero attached hydrogens (tertiary/aromatic N) is 1. The van der Waals surface area contributed by atoms with E-state index < -0.39 is 5.92 Å². The van der Waals surface area contributed by atoms with E-state index in [9.17, 15) is 9.59 Å². The van der Waals surface area contributed by atoms with Crippen molar-refractivity contribution in [2.45, 2.75) is 5.92 Å². The first-order valence-electron chi connectivity index (χ1n) is 6.28. The van der Waals surface area contributed by atoms with Crippen LogP contribution in [0.3, 0.4) is 0 Å². The first kappa shape index (κ1) is 21.7. The molecule has 0 saturated carbocycles. The molecule has 120 valence electrons. The average molecular weight is 309 g/mol. The maximum atomic E-state index is 12.3. The second-order valence-corrected chi connectivity index (χ2v) is 4.49. The van der Waals surface area contributed by atoms with Crippen molar-refractivity contribution in [3.63, 3.8) is 0 Å². The summed E-state index contributed by atoms with van der Waals surface area (Å²) < 4.78 is 0. The van der Waals surface area contributed by atoms with Crippen molar-refractivity contribution >= 4 is 17.3 Å². The van der Waals surface area contributed by atoms with Gasteiger partial charge in [0.05, 0.1) is 0 Å². The van der Waals surface area contributed by atoms with Crippen LogP contribution in [0.25, 0.3) is 0 Å². The average Bonchev–Trinajstić information content (AvgIpc) is 2.45. The Kier molecular flexibility index (Phi) is 10.1. The summed E-state index contributed by atoms with van der Waals surface area (Å²) in [6, 6.07) is 7.36. The molecule has 0 spiro atoms. The number of benzene rings is 1. The van der Waals surface area contributed by atoms with E-state index in [2.05, 4.69) is 13.2 Å². The van der Waals surface area contributed by atoms with Crippen LogP contribution < -0.4 is 4.90 Å². The van der Waals surface area contributed by atoms with Crippen molar-refractivity contribution in [2.24, 2.45) is 0 Å². The van der Waals surface area contributed by atoms with Crippen LogP contribution in [0.5, 0.6) is 0 Å². The van der Waals surface area contributed by atoms with Crippen LogP contribution in [0.1, 0.15) is 11.5 Å². The van der Waals surface area contributed by atoms with Gasteiger partial charge >= 0.3 is 0 Å². The molecule has 0 aliphatic rings. The Morgan fingerprint density at radius 2 is 1.68 bits per heavy atom. The van der Waals surface area contributed by atoms with Crippen molar-refractivity contribution in [3.05, 3.63) is 67.3 Å². The van der Waals surface area contributed by atoms with E-state index >= 15 is 0 Å². The highest BCUT2D eigenvalue weighted by Gasteiger charge is 2.27. The summed E-state index contributed by atoms with van der Waals surface area (Å²) in [7, 11) is 3.75. The summed E-state index contributed by atoms with van der Waals surface area (Å²) >= 11 is 0. The standard InChI is InChI=1S/C17H19NO2.2FH/c1-5-7-12-16(20)17(15(19)6-2)13-10-8-9-11-14(13)18(3)4;;/h5-12,17H,1-2H2,3-4H3;2*1H. The van der Waals surface area contributed by atoms with Crippen molar-refractivity contribution in [1.29, 1.82) is 0 Å². The van der Waals surface area contributed by atoms with Gasteiger partial charge in [-0.05, 0) is 23.8 Å². The zero-order valence-electron chi connectivity index (χ0n) is 12.7. The molecule has 1 unspecified atom stereocenters. The minimum absolute atomic E-state index is 0. The molecule has 0 fully saturated rings. The molecule has 0 aliphatic carbocycles. The van der Waals surface area contributed by atoms with E-state index in [1.54, 1.807) is 6.07 Å². The van der Waals surface area contributed by atoms with E-state index in [0.29, 0.717) is 5.56 Å². The van der Waals surface area contributed by atoms with E-state index in [0.717, 1.165) is 5.69 Å². The molecule has 1 aromatic rings. The number of allylic oxidation sites excluding steroid dienone is 4. The number of halogens is 2. The summed E-state index contributed by atoms with van der Waals surface area (Å²) in [5.41, 5.74) is 1.52. The zero-order chi connectivity index (χ0) is 15.1. The Balaban J connectivity index is 0. The minimum atomic E-state index is -0.859. The lowest BCUT2D eigenvalue weighted by molar-refractivity contribution is -0.124. The lowest BCUT2D eigenvalue weighted by Gasteiger charge is -2.21. The highest BCUT2D eigenvalue weighted by molar-refractivity contribution is 6.16. The molecule has 1 rings (SSSR count). The van der Waals surface area contributed by atoms with Crippen LogP contribution in [-0.4, -0.2) is 25.7 Å². The van der Waals surface area contributed by atoms with Crippen LogP contribution in [0.2, 0.25) is 0 Å². The van der Waals surface area contributed by atoms with Gasteiger partial charge in [-0.3, -0.25) is 19.0 Å². The van der Waals surface area contributed by atoms with Gasteiger partial charge in [0.25, 0.3) is 0 Å². The highest BCUT2D eigenvalue weighted by Crippen LogP contribution is 2.28. The number of anilines is 1.